The average Bonchev–Trinajstić information content (AvgIpc) is 2.32. The Morgan fingerprint density at radius 3 is 2.54 bits per heavy atom. The first kappa shape index (κ1) is 12.9. The lowest BCUT2D eigenvalue weighted by Crippen LogP contribution is -2.24. The van der Waals surface area contributed by atoms with Gasteiger partial charge in [0.05, 0.1) is 0 Å². The first-order chi connectivity index (χ1) is 5.49. The zero-order valence-electron chi connectivity index (χ0n) is 7.45. The Balaban J connectivity index is 0.00000144. The van der Waals surface area contributed by atoms with Crippen LogP contribution < -0.4 is 5.32 Å². The van der Waals surface area contributed by atoms with Crippen molar-refractivity contribution in [3.8, 4) is 0 Å². The van der Waals surface area contributed by atoms with E-state index in [0.29, 0.717) is 6.54 Å². The second kappa shape index (κ2) is 4.93. The van der Waals surface area contributed by atoms with Crippen molar-refractivity contribution in [1.82, 2.24) is 5.32 Å². The zero-order valence-corrected chi connectivity index (χ0v) is 9.08. The molecule has 4 nitrogen and oxygen atoms in total. The van der Waals surface area contributed by atoms with Gasteiger partial charge in [0.15, 0.2) is 15.6 Å². The fourth-order valence-corrected chi connectivity index (χ4v) is 2.06. The smallest absolute Gasteiger partial charge is 0.154 e. The number of ketones is 1. The van der Waals surface area contributed by atoms with Crippen LogP contribution in [0.5, 0.6) is 0 Å². The highest BCUT2D eigenvalue weighted by atomic mass is 35.5. The molecule has 1 N–H and O–H groups in total. The highest BCUT2D eigenvalue weighted by molar-refractivity contribution is 7.91. The molecule has 0 aliphatic carbocycles. The zero-order chi connectivity index (χ0) is 9.19. The van der Waals surface area contributed by atoms with Crippen LogP contribution in [0, 0.1) is 5.92 Å². The van der Waals surface area contributed by atoms with Crippen molar-refractivity contribution in [3.05, 3.63) is 0 Å². The number of carbonyl (C=O) groups excluding carboxylic acids is 1. The first-order valence-electron chi connectivity index (χ1n) is 3.90. The van der Waals surface area contributed by atoms with Crippen LogP contribution in [0.25, 0.3) is 0 Å². The van der Waals surface area contributed by atoms with E-state index < -0.39 is 9.84 Å². The Morgan fingerprint density at radius 2 is 2.15 bits per heavy atom. The molecule has 1 atom stereocenters. The van der Waals surface area contributed by atoms with Gasteiger partial charge in [0, 0.05) is 18.7 Å². The van der Waals surface area contributed by atoms with Crippen molar-refractivity contribution >= 4 is 28.0 Å². The maximum Gasteiger partial charge on any atom is 0.154 e. The molecule has 0 spiro atoms. The van der Waals surface area contributed by atoms with Gasteiger partial charge in [-0.25, -0.2) is 8.42 Å². The van der Waals surface area contributed by atoms with Gasteiger partial charge in [-0.3, -0.25) is 4.79 Å². The Hall–Kier alpha value is -0.130. The quantitative estimate of drug-likeness (QED) is 0.715. The number of rotatable bonds is 3. The molecule has 0 amide bonds. The maximum atomic E-state index is 11.2. The maximum absolute atomic E-state index is 11.2. The van der Waals surface area contributed by atoms with E-state index in [2.05, 4.69) is 5.32 Å². The van der Waals surface area contributed by atoms with Crippen LogP contribution in [0.4, 0.5) is 0 Å². The molecule has 0 bridgehead atoms. The minimum Gasteiger partial charge on any atom is -0.316 e. The molecular weight excluding hydrogens is 214 g/mol. The number of Topliss-reactive ketones (excluding diaryl/α,β-unsaturated/α-hetero) is 1. The molecule has 0 aromatic heterocycles. The van der Waals surface area contributed by atoms with Gasteiger partial charge < -0.3 is 5.32 Å². The standard InChI is InChI=1S/C7H13NO3S.ClH/c1-12(10,11)5-7(9)6-2-3-8-4-6;/h6,8H,2-5H2,1H3;1H. The van der Waals surface area contributed by atoms with Crippen LogP contribution in [0.15, 0.2) is 0 Å². The molecule has 1 rings (SSSR count). The lowest BCUT2D eigenvalue weighted by Gasteiger charge is -2.04. The van der Waals surface area contributed by atoms with E-state index in [1.165, 1.54) is 0 Å². The number of hydrogen-bond acceptors (Lipinski definition) is 4. The molecule has 1 heterocycles. The summed E-state index contributed by atoms with van der Waals surface area (Å²) in [6, 6.07) is 0. The number of halogens is 1. The molecule has 1 aliphatic rings. The molecule has 0 aromatic carbocycles. The molecule has 0 radical (unpaired) electrons. The van der Waals surface area contributed by atoms with Gasteiger partial charge in [0.1, 0.15) is 5.75 Å². The molecule has 6 heteroatoms. The molecule has 1 unspecified atom stereocenters. The van der Waals surface area contributed by atoms with E-state index >= 15 is 0 Å². The van der Waals surface area contributed by atoms with Crippen molar-refractivity contribution in [2.45, 2.75) is 6.42 Å². The largest absolute Gasteiger partial charge is 0.316 e. The lowest BCUT2D eigenvalue weighted by molar-refractivity contribution is -0.119. The fraction of sp³-hybridized carbons (Fsp3) is 0.857. The van der Waals surface area contributed by atoms with Crippen molar-refractivity contribution in [2.24, 2.45) is 5.92 Å². The minimum absolute atomic E-state index is 0. The van der Waals surface area contributed by atoms with Gasteiger partial charge in [-0.1, -0.05) is 0 Å². The average molecular weight is 228 g/mol. The van der Waals surface area contributed by atoms with E-state index in [4.69, 9.17) is 0 Å². The topological polar surface area (TPSA) is 63.2 Å². The summed E-state index contributed by atoms with van der Waals surface area (Å²) < 4.78 is 21.5. The van der Waals surface area contributed by atoms with E-state index in [-0.39, 0.29) is 29.9 Å². The second-order valence-electron chi connectivity index (χ2n) is 3.23. The van der Waals surface area contributed by atoms with E-state index in [1.54, 1.807) is 0 Å². The van der Waals surface area contributed by atoms with Crippen LogP contribution in [-0.2, 0) is 14.6 Å². The van der Waals surface area contributed by atoms with Crippen LogP contribution in [-0.4, -0.2) is 39.3 Å². The first-order valence-corrected chi connectivity index (χ1v) is 5.96. The van der Waals surface area contributed by atoms with E-state index in [9.17, 15) is 13.2 Å². The summed E-state index contributed by atoms with van der Waals surface area (Å²) in [7, 11) is -3.14. The summed E-state index contributed by atoms with van der Waals surface area (Å²) in [5, 5.41) is 3.02. The van der Waals surface area contributed by atoms with Crippen molar-refractivity contribution in [3.63, 3.8) is 0 Å². The molecule has 13 heavy (non-hydrogen) atoms. The predicted octanol–water partition coefficient (Wildman–Crippen LogP) is -0.369. The predicted molar refractivity (Wildman–Crippen MR) is 52.9 cm³/mol. The third kappa shape index (κ3) is 4.59. The number of sulfone groups is 1. The normalized spacial score (nSPS) is 22.4. The SMILES string of the molecule is CS(=O)(=O)CC(=O)C1CCNC1.Cl. The van der Waals surface area contributed by atoms with Gasteiger partial charge in [-0.05, 0) is 13.0 Å². The van der Waals surface area contributed by atoms with E-state index in [1.807, 2.05) is 0 Å². The van der Waals surface area contributed by atoms with Gasteiger partial charge in [0.25, 0.3) is 0 Å². The van der Waals surface area contributed by atoms with Crippen molar-refractivity contribution in [2.75, 3.05) is 25.1 Å². The summed E-state index contributed by atoms with van der Waals surface area (Å²) in [5.74, 6) is -0.540. The number of nitrogens with one attached hydrogen (secondary N) is 1. The summed E-state index contributed by atoms with van der Waals surface area (Å²) >= 11 is 0. The molecular formula is C7H14ClNO3S. The Labute approximate surface area is 84.4 Å². The van der Waals surface area contributed by atoms with Gasteiger partial charge in [0.2, 0.25) is 0 Å². The fourth-order valence-electron chi connectivity index (χ4n) is 1.31. The van der Waals surface area contributed by atoms with Crippen LogP contribution in [0.3, 0.4) is 0 Å². The Kier molecular flexibility index (Phi) is 4.88. The summed E-state index contributed by atoms with van der Waals surface area (Å²) in [6.07, 6.45) is 1.86. The van der Waals surface area contributed by atoms with Crippen LogP contribution >= 0.6 is 12.4 Å². The van der Waals surface area contributed by atoms with Crippen LogP contribution in [0.1, 0.15) is 6.42 Å². The van der Waals surface area contributed by atoms with Gasteiger partial charge in [-0.15, -0.1) is 12.4 Å². The lowest BCUT2D eigenvalue weighted by atomic mass is 10.1. The number of carbonyl (C=O) groups is 1. The number of hydrogen-bond donors (Lipinski definition) is 1. The summed E-state index contributed by atoms with van der Waals surface area (Å²) in [5.41, 5.74) is 0. The van der Waals surface area contributed by atoms with Crippen LogP contribution in [0.2, 0.25) is 0 Å². The highest BCUT2D eigenvalue weighted by Gasteiger charge is 2.24. The molecule has 0 saturated carbocycles. The molecule has 1 saturated heterocycles. The molecule has 1 fully saturated rings. The third-order valence-corrected chi connectivity index (χ3v) is 2.73. The molecule has 78 valence electrons. The minimum atomic E-state index is -3.14. The third-order valence-electron chi connectivity index (χ3n) is 1.92. The van der Waals surface area contributed by atoms with Gasteiger partial charge in [-0.2, -0.15) is 0 Å². The molecule has 0 aromatic rings. The monoisotopic (exact) mass is 227 g/mol. The van der Waals surface area contributed by atoms with E-state index in [0.717, 1.165) is 19.2 Å². The molecule has 1 aliphatic heterocycles. The Bertz CT molecular complexity index is 269. The van der Waals surface area contributed by atoms with Crippen molar-refractivity contribution in [1.29, 1.82) is 0 Å². The highest BCUT2D eigenvalue weighted by Crippen LogP contribution is 2.09. The summed E-state index contributed by atoms with van der Waals surface area (Å²) in [6.45, 7) is 1.45. The van der Waals surface area contributed by atoms with Gasteiger partial charge >= 0.3 is 0 Å². The summed E-state index contributed by atoms with van der Waals surface area (Å²) in [4.78, 5) is 11.2. The van der Waals surface area contributed by atoms with Crippen molar-refractivity contribution < 1.29 is 13.2 Å². The second-order valence-corrected chi connectivity index (χ2v) is 5.37. The Morgan fingerprint density at radius 1 is 1.54 bits per heavy atom.